The molecule has 1 unspecified atom stereocenters. The molecule has 7 heteroatoms. The Kier molecular flexibility index (Phi) is 6.19. The third-order valence-corrected chi connectivity index (χ3v) is 6.68. The molecule has 2 aromatic rings. The fourth-order valence-corrected chi connectivity index (χ4v) is 4.91. The Bertz CT molecular complexity index is 881. The van der Waals surface area contributed by atoms with Crippen molar-refractivity contribution in [1.82, 2.24) is 0 Å². The van der Waals surface area contributed by atoms with Crippen molar-refractivity contribution in [3.05, 3.63) is 58.1 Å². The van der Waals surface area contributed by atoms with Gasteiger partial charge in [0.15, 0.2) is 5.60 Å². The van der Waals surface area contributed by atoms with Crippen molar-refractivity contribution in [2.24, 2.45) is 0 Å². The molecule has 0 radical (unpaired) electrons. The van der Waals surface area contributed by atoms with E-state index in [0.717, 1.165) is 22.9 Å². The highest BCUT2D eigenvalue weighted by atomic mass is 35.5. The van der Waals surface area contributed by atoms with E-state index in [1.54, 1.807) is 38.1 Å². The molecule has 1 heterocycles. The van der Waals surface area contributed by atoms with Gasteiger partial charge in [0.1, 0.15) is 5.75 Å². The number of ether oxygens (including phenoxy) is 1. The maximum Gasteiger partial charge on any atom is 0.418 e. The van der Waals surface area contributed by atoms with Crippen LogP contribution in [0.1, 0.15) is 37.0 Å². The van der Waals surface area contributed by atoms with Crippen LogP contribution in [0.15, 0.2) is 41.3 Å². The van der Waals surface area contributed by atoms with Gasteiger partial charge in [0.2, 0.25) is 0 Å². The summed E-state index contributed by atoms with van der Waals surface area (Å²) in [5.41, 5.74) is -1.35. The van der Waals surface area contributed by atoms with Crippen molar-refractivity contribution >= 4 is 23.4 Å². The SMILES string of the molecule is Cc1ccc(SCC(O)(CC(C)(C)c2cc(Cl)cc3c2OCC3)C(F)(F)F)cc1. The average molecular weight is 445 g/mol. The first kappa shape index (κ1) is 22.3. The van der Waals surface area contributed by atoms with Crippen LogP contribution in [0.3, 0.4) is 0 Å². The molecule has 0 saturated heterocycles. The third kappa shape index (κ3) is 4.86. The molecule has 2 nitrogen and oxygen atoms in total. The van der Waals surface area contributed by atoms with Crippen molar-refractivity contribution in [3.8, 4) is 5.75 Å². The van der Waals surface area contributed by atoms with Gasteiger partial charge in [0.05, 0.1) is 6.61 Å². The summed E-state index contributed by atoms with van der Waals surface area (Å²) in [4.78, 5) is 0.683. The Hall–Kier alpha value is -1.37. The number of benzene rings is 2. The summed E-state index contributed by atoms with van der Waals surface area (Å²) in [7, 11) is 0. The highest BCUT2D eigenvalue weighted by molar-refractivity contribution is 7.99. The van der Waals surface area contributed by atoms with Crippen LogP contribution in [0.4, 0.5) is 13.2 Å². The van der Waals surface area contributed by atoms with Crippen LogP contribution in [-0.2, 0) is 11.8 Å². The molecule has 1 atom stereocenters. The summed E-state index contributed by atoms with van der Waals surface area (Å²) in [6, 6.07) is 10.6. The van der Waals surface area contributed by atoms with Gasteiger partial charge in [-0.3, -0.25) is 0 Å². The minimum absolute atomic E-state index is 0.460. The van der Waals surface area contributed by atoms with Crippen LogP contribution in [-0.4, -0.2) is 29.2 Å². The van der Waals surface area contributed by atoms with Crippen molar-refractivity contribution in [2.45, 2.75) is 55.7 Å². The lowest BCUT2D eigenvalue weighted by Crippen LogP contribution is -2.51. The normalized spacial score (nSPS) is 16.3. The van der Waals surface area contributed by atoms with Crippen LogP contribution >= 0.6 is 23.4 Å². The molecule has 158 valence electrons. The van der Waals surface area contributed by atoms with E-state index in [9.17, 15) is 18.3 Å². The van der Waals surface area contributed by atoms with Gasteiger partial charge in [-0.15, -0.1) is 11.8 Å². The first-order chi connectivity index (χ1) is 13.4. The van der Waals surface area contributed by atoms with E-state index in [-0.39, 0.29) is 0 Å². The number of aryl methyl sites for hydroxylation is 1. The number of fused-ring (bicyclic) bond motifs is 1. The summed E-state index contributed by atoms with van der Waals surface area (Å²) in [6.07, 6.45) is -4.60. The lowest BCUT2D eigenvalue weighted by atomic mass is 9.74. The van der Waals surface area contributed by atoms with Gasteiger partial charge in [0.25, 0.3) is 0 Å². The first-order valence-electron chi connectivity index (χ1n) is 9.36. The van der Waals surface area contributed by atoms with E-state index in [1.165, 1.54) is 0 Å². The highest BCUT2D eigenvalue weighted by Crippen LogP contribution is 2.47. The lowest BCUT2D eigenvalue weighted by Gasteiger charge is -2.38. The smallest absolute Gasteiger partial charge is 0.418 e. The second kappa shape index (κ2) is 8.05. The molecule has 2 aromatic carbocycles. The van der Waals surface area contributed by atoms with E-state index < -0.39 is 29.4 Å². The minimum atomic E-state index is -4.77. The molecule has 1 aliphatic rings. The van der Waals surface area contributed by atoms with Crippen molar-refractivity contribution < 1.29 is 23.0 Å². The van der Waals surface area contributed by atoms with Crippen LogP contribution in [0, 0.1) is 6.92 Å². The molecule has 29 heavy (non-hydrogen) atoms. The molecule has 0 amide bonds. The van der Waals surface area contributed by atoms with Crippen molar-refractivity contribution in [2.75, 3.05) is 12.4 Å². The average Bonchev–Trinajstić information content (AvgIpc) is 3.07. The number of hydrogen-bond acceptors (Lipinski definition) is 3. The van der Waals surface area contributed by atoms with Crippen molar-refractivity contribution in [1.29, 1.82) is 0 Å². The third-order valence-electron chi connectivity index (χ3n) is 5.24. The van der Waals surface area contributed by atoms with Crippen LogP contribution in [0.25, 0.3) is 0 Å². The maximum atomic E-state index is 13.9. The number of rotatable bonds is 6. The van der Waals surface area contributed by atoms with Gasteiger partial charge >= 0.3 is 6.18 Å². The zero-order valence-corrected chi connectivity index (χ0v) is 18.1. The van der Waals surface area contributed by atoms with Gasteiger partial charge in [-0.25, -0.2) is 0 Å². The number of halogens is 4. The molecule has 0 aliphatic carbocycles. The molecule has 0 fully saturated rings. The molecule has 1 N–H and O–H groups in total. The van der Waals surface area contributed by atoms with Crippen molar-refractivity contribution in [3.63, 3.8) is 0 Å². The second-order valence-electron chi connectivity index (χ2n) is 8.23. The topological polar surface area (TPSA) is 29.5 Å². The Labute approximate surface area is 178 Å². The van der Waals surface area contributed by atoms with Gasteiger partial charge in [-0.05, 0) is 48.6 Å². The molecule has 0 spiro atoms. The molecular formula is C22H24ClF3O2S. The van der Waals surface area contributed by atoms with Gasteiger partial charge < -0.3 is 9.84 Å². The summed E-state index contributed by atoms with van der Waals surface area (Å²) in [5.74, 6) is 0.0992. The van der Waals surface area contributed by atoms with Gasteiger partial charge in [-0.2, -0.15) is 13.2 Å². The lowest BCUT2D eigenvalue weighted by molar-refractivity contribution is -0.256. The summed E-state index contributed by atoms with van der Waals surface area (Å²) < 4.78 is 47.5. The van der Waals surface area contributed by atoms with Gasteiger partial charge in [0, 0.05) is 27.7 Å². The van der Waals surface area contributed by atoms with E-state index in [4.69, 9.17) is 16.3 Å². The predicted molar refractivity (Wildman–Crippen MR) is 111 cm³/mol. The number of thioether (sulfide) groups is 1. The quantitative estimate of drug-likeness (QED) is 0.527. The Balaban J connectivity index is 1.89. The maximum absolute atomic E-state index is 13.9. The minimum Gasteiger partial charge on any atom is -0.493 e. The molecule has 0 bridgehead atoms. The van der Waals surface area contributed by atoms with E-state index in [0.29, 0.717) is 34.3 Å². The standard InChI is InChI=1S/C22H24ClF3O2S/c1-14-4-6-17(7-5-14)29-13-21(27,22(24,25)26)12-20(2,3)18-11-16(23)10-15-8-9-28-19(15)18/h4-7,10-11,27H,8-9,12-13H2,1-3H3. The monoisotopic (exact) mass is 444 g/mol. The molecule has 3 rings (SSSR count). The Morgan fingerprint density at radius 3 is 2.41 bits per heavy atom. The second-order valence-corrected chi connectivity index (χ2v) is 9.72. The summed E-state index contributed by atoms with van der Waals surface area (Å²) >= 11 is 7.21. The summed E-state index contributed by atoms with van der Waals surface area (Å²) in [6.45, 7) is 5.77. The van der Waals surface area contributed by atoms with Gasteiger partial charge in [-0.1, -0.05) is 43.1 Å². The number of alkyl halides is 3. The largest absolute Gasteiger partial charge is 0.493 e. The summed E-state index contributed by atoms with van der Waals surface area (Å²) in [5, 5.41) is 11.2. The van der Waals surface area contributed by atoms with E-state index >= 15 is 0 Å². The molecule has 0 aromatic heterocycles. The zero-order chi connectivity index (χ0) is 21.4. The van der Waals surface area contributed by atoms with Crippen LogP contribution in [0.2, 0.25) is 5.02 Å². The highest BCUT2D eigenvalue weighted by Gasteiger charge is 2.56. The molecular weight excluding hydrogens is 421 g/mol. The molecule has 0 saturated carbocycles. The Morgan fingerprint density at radius 2 is 1.79 bits per heavy atom. The number of hydrogen-bond donors (Lipinski definition) is 1. The first-order valence-corrected chi connectivity index (χ1v) is 10.7. The van der Waals surface area contributed by atoms with Crippen LogP contribution < -0.4 is 4.74 Å². The predicted octanol–water partition coefficient (Wildman–Crippen LogP) is 6.34. The van der Waals surface area contributed by atoms with Crippen LogP contribution in [0.5, 0.6) is 5.75 Å². The number of aliphatic hydroxyl groups is 1. The Morgan fingerprint density at radius 1 is 1.14 bits per heavy atom. The fraction of sp³-hybridized carbons (Fsp3) is 0.455. The zero-order valence-electron chi connectivity index (χ0n) is 16.6. The fourth-order valence-electron chi connectivity index (χ4n) is 3.67. The van der Waals surface area contributed by atoms with E-state index in [1.807, 2.05) is 19.1 Å². The van der Waals surface area contributed by atoms with E-state index in [2.05, 4.69) is 0 Å². The molecule has 1 aliphatic heterocycles.